The van der Waals surface area contributed by atoms with Crippen molar-refractivity contribution in [3.63, 3.8) is 0 Å². The minimum Gasteiger partial charge on any atom is -0.288 e. The monoisotopic (exact) mass is 408 g/mol. The number of carbonyl (C=O) groups is 1. The van der Waals surface area contributed by atoms with Gasteiger partial charge < -0.3 is 0 Å². The van der Waals surface area contributed by atoms with Crippen molar-refractivity contribution in [2.45, 2.75) is 64.3 Å². The normalized spacial score (nSPS) is 21.6. The summed E-state index contributed by atoms with van der Waals surface area (Å²) in [6, 6.07) is 20.9. The lowest BCUT2D eigenvalue weighted by Crippen LogP contribution is -2.35. The van der Waals surface area contributed by atoms with E-state index in [-0.39, 0.29) is 10.5 Å². The Hall–Kier alpha value is -1.87. The second-order valence-corrected chi connectivity index (χ2v) is 9.50. The van der Waals surface area contributed by atoms with Crippen molar-refractivity contribution >= 4 is 22.6 Å². The van der Waals surface area contributed by atoms with Crippen molar-refractivity contribution in [1.29, 1.82) is 0 Å². The van der Waals surface area contributed by atoms with Gasteiger partial charge in [0.05, 0.1) is 0 Å². The third-order valence-corrected chi connectivity index (χ3v) is 7.29. The molecule has 3 rings (SSSR count). The maximum absolute atomic E-state index is 11.0. The van der Waals surface area contributed by atoms with Gasteiger partial charge in [-0.05, 0) is 42.9 Å². The zero-order valence-electron chi connectivity index (χ0n) is 18.3. The van der Waals surface area contributed by atoms with Gasteiger partial charge >= 0.3 is 0 Å². The number of hydrogen-bond acceptors (Lipinski definition) is 2. The SMILES string of the molecule is CCC1=[N+](C)C(C)CC1(c1ccccc1)c1ccc(CCCCSC(C)=O)cc1. The highest BCUT2D eigenvalue weighted by Crippen LogP contribution is 2.43. The fraction of sp³-hybridized carbons (Fsp3) is 0.462. The van der Waals surface area contributed by atoms with Crippen molar-refractivity contribution in [1.82, 2.24) is 0 Å². The second kappa shape index (κ2) is 9.75. The minimum atomic E-state index is -0.0270. The van der Waals surface area contributed by atoms with Crippen LogP contribution in [0, 0.1) is 0 Å². The first-order valence-corrected chi connectivity index (χ1v) is 11.8. The van der Waals surface area contributed by atoms with Gasteiger partial charge in [-0.2, -0.15) is 0 Å². The highest BCUT2D eigenvalue weighted by molar-refractivity contribution is 8.13. The van der Waals surface area contributed by atoms with Gasteiger partial charge in [0.1, 0.15) is 12.5 Å². The molecule has 2 atom stereocenters. The molecule has 154 valence electrons. The summed E-state index contributed by atoms with van der Waals surface area (Å²) in [4.78, 5) is 11.0. The second-order valence-electron chi connectivity index (χ2n) is 8.23. The Morgan fingerprint density at radius 3 is 2.34 bits per heavy atom. The van der Waals surface area contributed by atoms with Gasteiger partial charge in [0.15, 0.2) is 16.9 Å². The molecular formula is C26H34NOS+. The van der Waals surface area contributed by atoms with Gasteiger partial charge in [-0.15, -0.1) is 0 Å². The maximum atomic E-state index is 11.0. The van der Waals surface area contributed by atoms with Crippen molar-refractivity contribution in [3.05, 3.63) is 71.3 Å². The summed E-state index contributed by atoms with van der Waals surface area (Å²) in [5.74, 6) is 0.934. The van der Waals surface area contributed by atoms with Gasteiger partial charge in [0.25, 0.3) is 0 Å². The summed E-state index contributed by atoms with van der Waals surface area (Å²) in [5.41, 5.74) is 5.70. The van der Waals surface area contributed by atoms with Crippen LogP contribution in [-0.2, 0) is 16.6 Å². The molecule has 2 unspecified atom stereocenters. The number of unbranched alkanes of at least 4 members (excludes halogenated alkanes) is 1. The average Bonchev–Trinajstić information content (AvgIpc) is 2.99. The number of nitrogens with zero attached hydrogens (tertiary/aromatic N) is 1. The lowest BCUT2D eigenvalue weighted by molar-refractivity contribution is -0.526. The van der Waals surface area contributed by atoms with Crippen molar-refractivity contribution < 1.29 is 9.37 Å². The smallest absolute Gasteiger partial charge is 0.185 e. The number of thioether (sulfide) groups is 1. The largest absolute Gasteiger partial charge is 0.288 e. The first kappa shape index (κ1) is 21.8. The molecule has 0 N–H and O–H groups in total. The molecular weight excluding hydrogens is 374 g/mol. The third kappa shape index (κ3) is 4.66. The Bertz CT molecular complexity index is 856. The Morgan fingerprint density at radius 1 is 1.07 bits per heavy atom. The molecule has 0 aromatic heterocycles. The zero-order chi connectivity index (χ0) is 20.9. The van der Waals surface area contributed by atoms with Crippen LogP contribution in [0.5, 0.6) is 0 Å². The Balaban J connectivity index is 1.84. The summed E-state index contributed by atoms with van der Waals surface area (Å²) < 4.78 is 2.49. The molecule has 29 heavy (non-hydrogen) atoms. The molecule has 2 aromatic carbocycles. The average molecular weight is 409 g/mol. The molecule has 0 saturated carbocycles. The van der Waals surface area contributed by atoms with Crippen LogP contribution >= 0.6 is 11.8 Å². The summed E-state index contributed by atoms with van der Waals surface area (Å²) in [6.07, 6.45) is 5.49. The van der Waals surface area contributed by atoms with Crippen LogP contribution in [0.2, 0.25) is 0 Å². The Morgan fingerprint density at radius 2 is 1.72 bits per heavy atom. The van der Waals surface area contributed by atoms with E-state index >= 15 is 0 Å². The molecule has 1 aliphatic heterocycles. The first-order chi connectivity index (χ1) is 14.0. The topological polar surface area (TPSA) is 20.1 Å². The van der Waals surface area contributed by atoms with Crippen molar-refractivity contribution in [2.75, 3.05) is 12.8 Å². The van der Waals surface area contributed by atoms with Gasteiger partial charge in [-0.1, -0.05) is 73.3 Å². The minimum absolute atomic E-state index is 0.0270. The highest BCUT2D eigenvalue weighted by Gasteiger charge is 2.51. The quantitative estimate of drug-likeness (QED) is 0.403. The van der Waals surface area contributed by atoms with E-state index in [1.807, 2.05) is 0 Å². The van der Waals surface area contributed by atoms with E-state index in [0.717, 1.165) is 37.9 Å². The van der Waals surface area contributed by atoms with E-state index in [0.29, 0.717) is 6.04 Å². The van der Waals surface area contributed by atoms with Gasteiger partial charge in [0.2, 0.25) is 0 Å². The molecule has 0 amide bonds. The number of carbonyl (C=O) groups excluding carboxylic acids is 1. The van der Waals surface area contributed by atoms with Crippen LogP contribution < -0.4 is 0 Å². The molecule has 0 bridgehead atoms. The number of aryl methyl sites for hydroxylation is 1. The third-order valence-electron chi connectivity index (χ3n) is 6.39. The lowest BCUT2D eigenvalue weighted by atomic mass is 9.68. The lowest BCUT2D eigenvalue weighted by Gasteiger charge is -2.29. The maximum Gasteiger partial charge on any atom is 0.185 e. The molecule has 1 heterocycles. The van der Waals surface area contributed by atoms with E-state index in [1.54, 1.807) is 6.92 Å². The van der Waals surface area contributed by atoms with Gasteiger partial charge in [-0.3, -0.25) is 4.79 Å². The van der Waals surface area contributed by atoms with Gasteiger partial charge in [-0.25, -0.2) is 4.58 Å². The first-order valence-electron chi connectivity index (χ1n) is 10.9. The summed E-state index contributed by atoms with van der Waals surface area (Å²) in [6.45, 7) is 6.28. The van der Waals surface area contributed by atoms with E-state index < -0.39 is 0 Å². The summed E-state index contributed by atoms with van der Waals surface area (Å²) in [5, 5.41) is 0.222. The molecule has 1 aliphatic rings. The molecule has 0 saturated heterocycles. The van der Waals surface area contributed by atoms with Crippen LogP contribution in [0.1, 0.15) is 63.1 Å². The fourth-order valence-electron chi connectivity index (χ4n) is 4.88. The van der Waals surface area contributed by atoms with Crippen LogP contribution in [0.3, 0.4) is 0 Å². The highest BCUT2D eigenvalue weighted by atomic mass is 32.2. The molecule has 0 radical (unpaired) electrons. The van der Waals surface area contributed by atoms with Crippen LogP contribution in [0.15, 0.2) is 54.6 Å². The Kier molecular flexibility index (Phi) is 7.34. The summed E-state index contributed by atoms with van der Waals surface area (Å²) >= 11 is 1.44. The van der Waals surface area contributed by atoms with Crippen molar-refractivity contribution in [2.24, 2.45) is 0 Å². The number of hydrogen-bond donors (Lipinski definition) is 0. The van der Waals surface area contributed by atoms with E-state index in [9.17, 15) is 4.79 Å². The molecule has 2 aromatic rings. The molecule has 0 spiro atoms. The van der Waals surface area contributed by atoms with Crippen LogP contribution in [0.25, 0.3) is 0 Å². The molecule has 0 aliphatic carbocycles. The molecule has 2 nitrogen and oxygen atoms in total. The molecule has 0 fully saturated rings. The van der Waals surface area contributed by atoms with E-state index in [2.05, 4.69) is 80.1 Å². The van der Waals surface area contributed by atoms with E-state index in [1.165, 1.54) is 34.2 Å². The summed E-state index contributed by atoms with van der Waals surface area (Å²) in [7, 11) is 2.25. The van der Waals surface area contributed by atoms with Crippen LogP contribution in [-0.4, -0.2) is 34.2 Å². The van der Waals surface area contributed by atoms with Gasteiger partial charge in [0, 0.05) is 25.5 Å². The fourth-order valence-corrected chi connectivity index (χ4v) is 5.51. The number of rotatable bonds is 8. The Labute approximate surface area is 180 Å². The standard InChI is InChI=1S/C26H34NOS/c1-5-25-26(19-20(2)27(25)4,23-12-7-6-8-13-23)24-16-14-22(15-17-24)11-9-10-18-29-21(3)28/h6-8,12-17,20H,5,9-11,18-19H2,1-4H3/q+1. The van der Waals surface area contributed by atoms with Crippen molar-refractivity contribution in [3.8, 4) is 0 Å². The zero-order valence-corrected chi connectivity index (χ0v) is 19.1. The predicted molar refractivity (Wildman–Crippen MR) is 125 cm³/mol. The number of benzene rings is 2. The molecule has 3 heteroatoms. The van der Waals surface area contributed by atoms with E-state index in [4.69, 9.17) is 0 Å². The van der Waals surface area contributed by atoms with Crippen LogP contribution in [0.4, 0.5) is 0 Å². The predicted octanol–water partition coefficient (Wildman–Crippen LogP) is 5.86.